The van der Waals surface area contributed by atoms with E-state index in [0.717, 1.165) is 31.3 Å². The molecule has 0 atom stereocenters. The normalized spacial score (nSPS) is 26.1. The summed E-state index contributed by atoms with van der Waals surface area (Å²) in [5.74, 6) is 1.11. The van der Waals surface area contributed by atoms with Gasteiger partial charge in [0.2, 0.25) is 5.91 Å². The summed E-state index contributed by atoms with van der Waals surface area (Å²) in [6.07, 6.45) is 5.98. The van der Waals surface area contributed by atoms with Crippen molar-refractivity contribution in [2.24, 2.45) is 11.3 Å². The standard InChI is InChI=1S/C12H20BrNO/c1-12(5-3-2-4-6-12)11(15)14-8-10(7-13)9-14/h10H,2-9H2,1H3. The van der Waals surface area contributed by atoms with Crippen LogP contribution in [0.3, 0.4) is 0 Å². The number of carbonyl (C=O) groups is 1. The molecule has 0 radical (unpaired) electrons. The molecule has 1 aliphatic carbocycles. The van der Waals surface area contributed by atoms with E-state index in [4.69, 9.17) is 0 Å². The van der Waals surface area contributed by atoms with Gasteiger partial charge in [-0.05, 0) is 12.8 Å². The van der Waals surface area contributed by atoms with Gasteiger partial charge in [-0.15, -0.1) is 0 Å². The molecule has 1 saturated carbocycles. The van der Waals surface area contributed by atoms with Gasteiger partial charge in [0.25, 0.3) is 0 Å². The highest BCUT2D eigenvalue weighted by atomic mass is 79.9. The summed E-state index contributed by atoms with van der Waals surface area (Å²) < 4.78 is 0. The summed E-state index contributed by atoms with van der Waals surface area (Å²) >= 11 is 3.47. The zero-order valence-corrected chi connectivity index (χ0v) is 11.1. The van der Waals surface area contributed by atoms with Gasteiger partial charge < -0.3 is 4.90 Å². The highest BCUT2D eigenvalue weighted by Gasteiger charge is 2.41. The van der Waals surface area contributed by atoms with Gasteiger partial charge in [-0.1, -0.05) is 42.1 Å². The number of rotatable bonds is 2. The molecule has 1 saturated heterocycles. The number of nitrogens with zero attached hydrogens (tertiary/aromatic N) is 1. The van der Waals surface area contributed by atoms with Crippen LogP contribution in [0, 0.1) is 11.3 Å². The molecule has 2 aliphatic rings. The fraction of sp³-hybridized carbons (Fsp3) is 0.917. The van der Waals surface area contributed by atoms with Crippen molar-refractivity contribution >= 4 is 21.8 Å². The van der Waals surface area contributed by atoms with E-state index >= 15 is 0 Å². The molecule has 0 spiro atoms. The average Bonchev–Trinajstić information content (AvgIpc) is 2.17. The Labute approximate surface area is 101 Å². The summed E-state index contributed by atoms with van der Waals surface area (Å²) in [5.41, 5.74) is -0.0322. The maximum absolute atomic E-state index is 12.3. The number of hydrogen-bond donors (Lipinski definition) is 0. The summed E-state index contributed by atoms with van der Waals surface area (Å²) in [6.45, 7) is 4.11. The van der Waals surface area contributed by atoms with Crippen molar-refractivity contribution in [3.63, 3.8) is 0 Å². The molecule has 2 fully saturated rings. The molecule has 0 bridgehead atoms. The zero-order chi connectivity index (χ0) is 10.9. The monoisotopic (exact) mass is 273 g/mol. The Morgan fingerprint density at radius 2 is 1.93 bits per heavy atom. The maximum Gasteiger partial charge on any atom is 0.228 e. The van der Waals surface area contributed by atoms with Crippen LogP contribution >= 0.6 is 15.9 Å². The quantitative estimate of drug-likeness (QED) is 0.709. The predicted molar refractivity (Wildman–Crippen MR) is 65.1 cm³/mol. The topological polar surface area (TPSA) is 20.3 Å². The number of halogens is 1. The summed E-state index contributed by atoms with van der Waals surface area (Å²) in [5, 5.41) is 1.04. The first-order valence-electron chi connectivity index (χ1n) is 6.01. The Morgan fingerprint density at radius 3 is 2.47 bits per heavy atom. The van der Waals surface area contributed by atoms with Gasteiger partial charge >= 0.3 is 0 Å². The Bertz CT molecular complexity index is 242. The van der Waals surface area contributed by atoms with Crippen LogP contribution in [0.2, 0.25) is 0 Å². The third kappa shape index (κ3) is 2.22. The molecule has 0 aromatic heterocycles. The van der Waals surface area contributed by atoms with E-state index in [1.807, 2.05) is 0 Å². The minimum absolute atomic E-state index is 0.0322. The lowest BCUT2D eigenvalue weighted by atomic mass is 9.74. The van der Waals surface area contributed by atoms with E-state index < -0.39 is 0 Å². The molecule has 1 aliphatic heterocycles. The lowest BCUT2D eigenvalue weighted by molar-refractivity contribution is -0.149. The van der Waals surface area contributed by atoms with Gasteiger partial charge in [0, 0.05) is 29.8 Å². The minimum Gasteiger partial charge on any atom is -0.341 e. The number of likely N-dealkylation sites (tertiary alicyclic amines) is 1. The molecule has 0 aromatic rings. The van der Waals surface area contributed by atoms with Gasteiger partial charge in [0.15, 0.2) is 0 Å². The van der Waals surface area contributed by atoms with Gasteiger partial charge in [0.1, 0.15) is 0 Å². The highest BCUT2D eigenvalue weighted by molar-refractivity contribution is 9.09. The first-order chi connectivity index (χ1) is 7.15. The van der Waals surface area contributed by atoms with Crippen molar-refractivity contribution in [2.45, 2.75) is 39.0 Å². The molecule has 1 amide bonds. The van der Waals surface area contributed by atoms with Crippen molar-refractivity contribution in [3.05, 3.63) is 0 Å². The Hall–Kier alpha value is -0.0500. The molecule has 0 N–H and O–H groups in total. The largest absolute Gasteiger partial charge is 0.341 e. The van der Waals surface area contributed by atoms with E-state index in [1.54, 1.807) is 0 Å². The fourth-order valence-electron chi connectivity index (χ4n) is 2.76. The Balaban J connectivity index is 1.90. The summed E-state index contributed by atoms with van der Waals surface area (Å²) in [7, 11) is 0. The lowest BCUT2D eigenvalue weighted by Crippen LogP contribution is -2.55. The van der Waals surface area contributed by atoms with Crippen LogP contribution < -0.4 is 0 Å². The molecular formula is C12H20BrNO. The van der Waals surface area contributed by atoms with Crippen LogP contribution in [0.1, 0.15) is 39.0 Å². The van der Waals surface area contributed by atoms with E-state index in [0.29, 0.717) is 11.8 Å². The van der Waals surface area contributed by atoms with Crippen LogP contribution in [0.15, 0.2) is 0 Å². The van der Waals surface area contributed by atoms with E-state index in [-0.39, 0.29) is 5.41 Å². The molecule has 0 unspecified atom stereocenters. The molecule has 2 rings (SSSR count). The smallest absolute Gasteiger partial charge is 0.228 e. The first-order valence-corrected chi connectivity index (χ1v) is 7.13. The second kappa shape index (κ2) is 4.44. The van der Waals surface area contributed by atoms with Crippen molar-refractivity contribution < 1.29 is 4.79 Å². The zero-order valence-electron chi connectivity index (χ0n) is 9.47. The maximum atomic E-state index is 12.3. The predicted octanol–water partition coefficient (Wildman–Crippen LogP) is 2.81. The number of hydrogen-bond acceptors (Lipinski definition) is 1. The summed E-state index contributed by atoms with van der Waals surface area (Å²) in [6, 6.07) is 0. The van der Waals surface area contributed by atoms with Gasteiger partial charge in [-0.3, -0.25) is 4.79 Å². The minimum atomic E-state index is -0.0322. The summed E-state index contributed by atoms with van der Waals surface area (Å²) in [4.78, 5) is 14.3. The second-order valence-corrected chi connectivity index (χ2v) is 6.00. The highest BCUT2D eigenvalue weighted by Crippen LogP contribution is 2.38. The van der Waals surface area contributed by atoms with E-state index in [9.17, 15) is 4.79 Å². The van der Waals surface area contributed by atoms with E-state index in [1.165, 1.54) is 19.3 Å². The molecule has 86 valence electrons. The Morgan fingerprint density at radius 1 is 1.33 bits per heavy atom. The third-order valence-electron chi connectivity index (χ3n) is 3.94. The molecule has 0 aromatic carbocycles. The van der Waals surface area contributed by atoms with Crippen LogP contribution in [0.4, 0.5) is 0 Å². The van der Waals surface area contributed by atoms with Crippen LogP contribution in [0.25, 0.3) is 0 Å². The van der Waals surface area contributed by atoms with Crippen molar-refractivity contribution in [1.82, 2.24) is 4.90 Å². The molecule has 2 nitrogen and oxygen atoms in total. The van der Waals surface area contributed by atoms with Gasteiger partial charge in [0.05, 0.1) is 0 Å². The molecule has 3 heteroatoms. The van der Waals surface area contributed by atoms with Crippen LogP contribution in [-0.4, -0.2) is 29.2 Å². The first kappa shape index (κ1) is 11.4. The van der Waals surface area contributed by atoms with Crippen molar-refractivity contribution in [3.8, 4) is 0 Å². The SMILES string of the molecule is CC1(C(=O)N2CC(CBr)C2)CCCCC1. The average molecular weight is 274 g/mol. The number of alkyl halides is 1. The van der Waals surface area contributed by atoms with Gasteiger partial charge in [-0.2, -0.15) is 0 Å². The number of amides is 1. The van der Waals surface area contributed by atoms with Crippen LogP contribution in [-0.2, 0) is 4.79 Å². The molecule has 1 heterocycles. The van der Waals surface area contributed by atoms with E-state index in [2.05, 4.69) is 27.8 Å². The fourth-order valence-corrected chi connectivity index (χ4v) is 3.17. The van der Waals surface area contributed by atoms with Crippen molar-refractivity contribution in [2.75, 3.05) is 18.4 Å². The van der Waals surface area contributed by atoms with Crippen molar-refractivity contribution in [1.29, 1.82) is 0 Å². The number of carbonyl (C=O) groups excluding carboxylic acids is 1. The second-order valence-electron chi connectivity index (χ2n) is 5.35. The third-order valence-corrected chi connectivity index (χ3v) is 4.85. The van der Waals surface area contributed by atoms with Crippen LogP contribution in [0.5, 0.6) is 0 Å². The Kier molecular flexibility index (Phi) is 3.39. The lowest BCUT2D eigenvalue weighted by Gasteiger charge is -2.44. The molecular weight excluding hydrogens is 254 g/mol. The van der Waals surface area contributed by atoms with Gasteiger partial charge in [-0.25, -0.2) is 0 Å². The molecule has 15 heavy (non-hydrogen) atoms.